The normalized spacial score (nSPS) is 13.1. The van der Waals surface area contributed by atoms with Crippen molar-refractivity contribution in [1.82, 2.24) is 0 Å². The number of fused-ring (bicyclic) bond motifs is 3. The maximum atomic E-state index is 5.69. The molecule has 2 aromatic rings. The van der Waals surface area contributed by atoms with Crippen LogP contribution in [0.3, 0.4) is 0 Å². The Morgan fingerprint density at radius 3 is 2.39 bits per heavy atom. The fraction of sp³-hybridized carbons (Fsp3) is 0.143. The average Bonchev–Trinajstić information content (AvgIpc) is 2.67. The highest BCUT2D eigenvalue weighted by Gasteiger charge is 2.27. The lowest BCUT2D eigenvalue weighted by Gasteiger charge is -2.16. The molecule has 2 aromatic carbocycles. The molecule has 3 rings (SSSR count). The average molecular weight is 300 g/mol. The lowest BCUT2D eigenvalue weighted by molar-refractivity contribution is 0.318. The second-order valence-electron chi connectivity index (χ2n) is 4.16. The van der Waals surface area contributed by atoms with Gasteiger partial charge in [0, 0.05) is 12.0 Å². The van der Waals surface area contributed by atoms with Crippen molar-refractivity contribution in [3.63, 3.8) is 0 Å². The number of benzene rings is 2. The fourth-order valence-corrected chi connectivity index (χ4v) is 2.60. The summed E-state index contributed by atoms with van der Waals surface area (Å²) in [5, 5.41) is 0. The molecule has 0 saturated carbocycles. The topological polar surface area (TPSA) is 9.23 Å². The largest absolute Gasteiger partial charge is 0.445 e. The van der Waals surface area contributed by atoms with E-state index in [1.807, 2.05) is 24.3 Å². The minimum absolute atomic E-state index is 0.628. The van der Waals surface area contributed by atoms with Gasteiger partial charge >= 0.3 is 3.98 Å². The molecule has 0 radical (unpaired) electrons. The third-order valence-electron chi connectivity index (χ3n) is 3.03. The van der Waals surface area contributed by atoms with E-state index in [1.54, 1.807) is 0 Å². The summed E-state index contributed by atoms with van der Waals surface area (Å²) in [5.74, 6) is 0.628. The summed E-state index contributed by atoms with van der Waals surface area (Å²) in [7, 11) is 0. The number of alkyl halides is 3. The Hall–Kier alpha value is -0.890. The van der Waals surface area contributed by atoms with E-state index >= 15 is 0 Å². The summed E-state index contributed by atoms with van der Waals surface area (Å²) < 4.78 is 3.64. The molecule has 0 heterocycles. The van der Waals surface area contributed by atoms with Crippen LogP contribution >= 0.6 is 34.8 Å². The van der Waals surface area contributed by atoms with Crippen molar-refractivity contribution in [3.8, 4) is 16.9 Å². The van der Waals surface area contributed by atoms with Crippen molar-refractivity contribution in [2.75, 3.05) is 0 Å². The predicted molar refractivity (Wildman–Crippen MR) is 75.6 cm³/mol. The summed E-state index contributed by atoms with van der Waals surface area (Å²) in [4.78, 5) is 0. The third-order valence-corrected chi connectivity index (χ3v) is 3.26. The van der Waals surface area contributed by atoms with Crippen LogP contribution in [0.5, 0.6) is 5.75 Å². The molecule has 18 heavy (non-hydrogen) atoms. The van der Waals surface area contributed by atoms with E-state index in [4.69, 9.17) is 39.5 Å². The van der Waals surface area contributed by atoms with Gasteiger partial charge in [-0.2, -0.15) is 0 Å². The fourth-order valence-electron chi connectivity index (χ4n) is 2.35. The first-order valence-electron chi connectivity index (χ1n) is 5.50. The standard InChI is InChI=1S/C14H9Cl3O/c15-14(16,17)18-13-7-3-6-11-10-5-2-1-4-9(10)8-12(11)13/h1-7H,8H2. The summed E-state index contributed by atoms with van der Waals surface area (Å²) in [6.07, 6.45) is 0.808. The van der Waals surface area contributed by atoms with E-state index < -0.39 is 3.98 Å². The number of rotatable bonds is 1. The van der Waals surface area contributed by atoms with Crippen LogP contribution in [0.4, 0.5) is 0 Å². The maximum Gasteiger partial charge on any atom is 0.338 e. The molecule has 0 N–H and O–H groups in total. The molecule has 4 heteroatoms. The Labute approximate surface area is 120 Å². The Bertz CT molecular complexity index is 602. The predicted octanol–water partition coefficient (Wildman–Crippen LogP) is 4.96. The van der Waals surface area contributed by atoms with Gasteiger partial charge in [-0.05, 0) is 57.6 Å². The highest BCUT2D eigenvalue weighted by molar-refractivity contribution is 6.66. The molecule has 1 nitrogen and oxygen atoms in total. The lowest BCUT2D eigenvalue weighted by Crippen LogP contribution is -2.13. The maximum absolute atomic E-state index is 5.69. The zero-order valence-corrected chi connectivity index (χ0v) is 11.6. The van der Waals surface area contributed by atoms with Crippen LogP contribution < -0.4 is 4.74 Å². The summed E-state index contributed by atoms with van der Waals surface area (Å²) in [5.41, 5.74) is 4.72. The minimum atomic E-state index is -1.73. The SMILES string of the molecule is ClC(Cl)(Cl)Oc1cccc2c1Cc1ccccc1-2. The van der Waals surface area contributed by atoms with Gasteiger partial charge in [0.1, 0.15) is 5.75 Å². The van der Waals surface area contributed by atoms with Gasteiger partial charge in [-0.1, -0.05) is 36.4 Å². The molecule has 92 valence electrons. The molecule has 0 amide bonds. The number of hydrogen-bond donors (Lipinski definition) is 0. The van der Waals surface area contributed by atoms with E-state index in [9.17, 15) is 0 Å². The summed E-state index contributed by atoms with van der Waals surface area (Å²) >= 11 is 17.1. The van der Waals surface area contributed by atoms with Crippen LogP contribution in [-0.2, 0) is 6.42 Å². The van der Waals surface area contributed by atoms with Crippen molar-refractivity contribution < 1.29 is 4.74 Å². The lowest BCUT2D eigenvalue weighted by atomic mass is 10.1. The quantitative estimate of drug-likeness (QED) is 0.577. The van der Waals surface area contributed by atoms with Crippen LogP contribution in [0.2, 0.25) is 0 Å². The van der Waals surface area contributed by atoms with Gasteiger partial charge in [0.05, 0.1) is 0 Å². The third kappa shape index (κ3) is 2.18. The number of hydrogen-bond acceptors (Lipinski definition) is 1. The molecule has 1 aliphatic carbocycles. The van der Waals surface area contributed by atoms with Crippen LogP contribution in [0.1, 0.15) is 11.1 Å². The molecule has 0 fully saturated rings. The van der Waals surface area contributed by atoms with E-state index in [0.29, 0.717) is 5.75 Å². The molecule has 0 saturated heterocycles. The van der Waals surface area contributed by atoms with E-state index in [2.05, 4.69) is 18.2 Å². The van der Waals surface area contributed by atoms with Crippen molar-refractivity contribution in [3.05, 3.63) is 53.6 Å². The first kappa shape index (κ1) is 12.2. The van der Waals surface area contributed by atoms with E-state index in [-0.39, 0.29) is 0 Å². The Morgan fingerprint density at radius 2 is 1.61 bits per heavy atom. The van der Waals surface area contributed by atoms with Gasteiger partial charge < -0.3 is 4.74 Å². The van der Waals surface area contributed by atoms with Gasteiger partial charge in [-0.3, -0.25) is 0 Å². The molecule has 0 bridgehead atoms. The van der Waals surface area contributed by atoms with Gasteiger partial charge in [0.15, 0.2) is 0 Å². The summed E-state index contributed by atoms with van der Waals surface area (Å²) in [6.45, 7) is 0. The van der Waals surface area contributed by atoms with Crippen LogP contribution in [0.15, 0.2) is 42.5 Å². The van der Waals surface area contributed by atoms with Gasteiger partial charge in [-0.25, -0.2) is 0 Å². The summed E-state index contributed by atoms with van der Waals surface area (Å²) in [6, 6.07) is 14.1. The number of halogens is 3. The molecule has 0 atom stereocenters. The van der Waals surface area contributed by atoms with Crippen molar-refractivity contribution in [1.29, 1.82) is 0 Å². The monoisotopic (exact) mass is 298 g/mol. The van der Waals surface area contributed by atoms with Crippen LogP contribution in [0.25, 0.3) is 11.1 Å². The Morgan fingerprint density at radius 1 is 0.889 bits per heavy atom. The molecular weight excluding hydrogens is 291 g/mol. The second-order valence-corrected chi connectivity index (χ2v) is 6.34. The second kappa shape index (κ2) is 4.34. The molecule has 0 unspecified atom stereocenters. The molecule has 0 spiro atoms. The first-order chi connectivity index (χ1) is 8.54. The number of ether oxygens (including phenoxy) is 1. The minimum Gasteiger partial charge on any atom is -0.445 e. The van der Waals surface area contributed by atoms with E-state index in [0.717, 1.165) is 17.5 Å². The smallest absolute Gasteiger partial charge is 0.338 e. The van der Waals surface area contributed by atoms with Crippen molar-refractivity contribution in [2.24, 2.45) is 0 Å². The Balaban J connectivity index is 2.09. The van der Waals surface area contributed by atoms with E-state index in [1.165, 1.54) is 11.1 Å². The highest BCUT2D eigenvalue weighted by Crippen LogP contribution is 2.43. The van der Waals surface area contributed by atoms with Gasteiger partial charge in [0.2, 0.25) is 0 Å². The highest BCUT2D eigenvalue weighted by atomic mass is 35.6. The van der Waals surface area contributed by atoms with Gasteiger partial charge in [0.25, 0.3) is 0 Å². The van der Waals surface area contributed by atoms with Gasteiger partial charge in [-0.15, -0.1) is 0 Å². The molecular formula is C14H9Cl3O. The molecule has 0 aliphatic heterocycles. The van der Waals surface area contributed by atoms with Crippen molar-refractivity contribution >= 4 is 34.8 Å². The van der Waals surface area contributed by atoms with Crippen LogP contribution in [0, 0.1) is 0 Å². The van der Waals surface area contributed by atoms with Crippen LogP contribution in [-0.4, -0.2) is 3.98 Å². The first-order valence-corrected chi connectivity index (χ1v) is 6.64. The molecule has 0 aromatic heterocycles. The van der Waals surface area contributed by atoms with Crippen molar-refractivity contribution in [2.45, 2.75) is 10.4 Å². The zero-order chi connectivity index (χ0) is 12.8. The zero-order valence-electron chi connectivity index (χ0n) is 9.29. The molecule has 1 aliphatic rings. The Kier molecular flexibility index (Phi) is 2.93.